The first-order chi connectivity index (χ1) is 8.63. The summed E-state index contributed by atoms with van der Waals surface area (Å²) in [6.45, 7) is 2.83. The van der Waals surface area contributed by atoms with Crippen molar-refractivity contribution in [3.8, 4) is 11.5 Å². The lowest BCUT2D eigenvalue weighted by Crippen LogP contribution is -2.41. The highest BCUT2D eigenvalue weighted by Crippen LogP contribution is 2.31. The molecule has 1 fully saturated rings. The van der Waals surface area contributed by atoms with E-state index in [1.165, 1.54) is 0 Å². The number of carbonyl (C=O) groups excluding carboxylic acids is 1. The van der Waals surface area contributed by atoms with E-state index in [2.05, 4.69) is 11.8 Å². The molecule has 0 spiro atoms. The number of hydrogen-bond donors (Lipinski definition) is 0. The van der Waals surface area contributed by atoms with Gasteiger partial charge < -0.3 is 14.4 Å². The molecule has 1 aromatic carbocycles. The van der Waals surface area contributed by atoms with Crippen molar-refractivity contribution in [2.45, 2.75) is 25.8 Å². The van der Waals surface area contributed by atoms with E-state index in [0.29, 0.717) is 18.6 Å². The van der Waals surface area contributed by atoms with Crippen molar-refractivity contribution in [2.24, 2.45) is 0 Å². The number of ketones is 1. The molecule has 1 saturated heterocycles. The van der Waals surface area contributed by atoms with E-state index < -0.39 is 0 Å². The smallest absolute Gasteiger partial charge is 0.136 e. The van der Waals surface area contributed by atoms with Gasteiger partial charge in [-0.15, -0.1) is 0 Å². The minimum Gasteiger partial charge on any atom is -0.497 e. The highest BCUT2D eigenvalue weighted by Gasteiger charge is 2.24. The summed E-state index contributed by atoms with van der Waals surface area (Å²) in [5, 5.41) is 0. The molecule has 1 heterocycles. The number of anilines is 1. The fourth-order valence-electron chi connectivity index (χ4n) is 2.35. The zero-order valence-corrected chi connectivity index (χ0v) is 11.1. The van der Waals surface area contributed by atoms with Crippen molar-refractivity contribution in [1.29, 1.82) is 0 Å². The monoisotopic (exact) mass is 249 g/mol. The molecule has 1 atom stereocenters. The summed E-state index contributed by atoms with van der Waals surface area (Å²) >= 11 is 0. The maximum absolute atomic E-state index is 11.4. The minimum absolute atomic E-state index is 0.225. The SMILES string of the molecule is COc1cc(OC)cc(N2CCC(=O)CC2C)c1. The zero-order chi connectivity index (χ0) is 13.1. The van der Waals surface area contributed by atoms with Crippen LogP contribution in [0.1, 0.15) is 19.8 Å². The third-order valence-corrected chi connectivity index (χ3v) is 3.35. The van der Waals surface area contributed by atoms with Crippen molar-refractivity contribution in [1.82, 2.24) is 0 Å². The molecule has 0 amide bonds. The second kappa shape index (κ2) is 5.29. The number of piperidine rings is 1. The summed E-state index contributed by atoms with van der Waals surface area (Å²) in [4.78, 5) is 13.6. The average Bonchev–Trinajstić information content (AvgIpc) is 2.38. The van der Waals surface area contributed by atoms with Gasteiger partial charge in [0, 0.05) is 49.3 Å². The van der Waals surface area contributed by atoms with E-state index in [1.54, 1.807) is 14.2 Å². The Labute approximate surface area is 107 Å². The van der Waals surface area contributed by atoms with Gasteiger partial charge in [-0.2, -0.15) is 0 Å². The second-order valence-corrected chi connectivity index (χ2v) is 4.61. The van der Waals surface area contributed by atoms with Gasteiger partial charge in [0.2, 0.25) is 0 Å². The first-order valence-electron chi connectivity index (χ1n) is 6.15. The van der Waals surface area contributed by atoms with Gasteiger partial charge in [-0.1, -0.05) is 0 Å². The molecule has 4 nitrogen and oxygen atoms in total. The molecular weight excluding hydrogens is 230 g/mol. The molecule has 0 saturated carbocycles. The van der Waals surface area contributed by atoms with Gasteiger partial charge in [0.15, 0.2) is 0 Å². The number of rotatable bonds is 3. The van der Waals surface area contributed by atoms with Crippen molar-refractivity contribution >= 4 is 11.5 Å². The van der Waals surface area contributed by atoms with E-state index in [1.807, 2.05) is 18.2 Å². The van der Waals surface area contributed by atoms with Gasteiger partial charge in [-0.3, -0.25) is 4.79 Å². The lowest BCUT2D eigenvalue weighted by atomic mass is 10.0. The normalized spacial score (nSPS) is 19.8. The lowest BCUT2D eigenvalue weighted by Gasteiger charge is -2.35. The van der Waals surface area contributed by atoms with E-state index in [-0.39, 0.29) is 6.04 Å². The number of Topliss-reactive ketones (excluding diaryl/α,β-unsaturated/α-hetero) is 1. The van der Waals surface area contributed by atoms with Gasteiger partial charge >= 0.3 is 0 Å². The molecule has 2 rings (SSSR count). The van der Waals surface area contributed by atoms with Gasteiger partial charge in [-0.05, 0) is 6.92 Å². The quantitative estimate of drug-likeness (QED) is 0.823. The Morgan fingerprint density at radius 1 is 1.17 bits per heavy atom. The van der Waals surface area contributed by atoms with Crippen molar-refractivity contribution < 1.29 is 14.3 Å². The average molecular weight is 249 g/mol. The van der Waals surface area contributed by atoms with Crippen LogP contribution in [0.25, 0.3) is 0 Å². The molecule has 1 aliphatic heterocycles. The Kier molecular flexibility index (Phi) is 3.75. The number of methoxy groups -OCH3 is 2. The fourth-order valence-corrected chi connectivity index (χ4v) is 2.35. The summed E-state index contributed by atoms with van der Waals surface area (Å²) in [5.74, 6) is 1.88. The number of carbonyl (C=O) groups is 1. The Morgan fingerprint density at radius 3 is 2.28 bits per heavy atom. The number of hydrogen-bond acceptors (Lipinski definition) is 4. The van der Waals surface area contributed by atoms with Crippen LogP contribution in [-0.2, 0) is 4.79 Å². The first kappa shape index (κ1) is 12.7. The standard InChI is InChI=1S/C14H19NO3/c1-10-6-12(16)4-5-15(10)11-7-13(17-2)9-14(8-11)18-3/h7-10H,4-6H2,1-3H3. The maximum Gasteiger partial charge on any atom is 0.136 e. The Bertz CT molecular complexity index is 422. The first-order valence-corrected chi connectivity index (χ1v) is 6.15. The van der Waals surface area contributed by atoms with Crippen molar-refractivity contribution in [3.63, 3.8) is 0 Å². The van der Waals surface area contributed by atoms with Gasteiger partial charge in [0.05, 0.1) is 14.2 Å². The molecule has 0 aromatic heterocycles. The molecule has 98 valence electrons. The predicted octanol–water partition coefficient (Wildman–Crippen LogP) is 2.26. The maximum atomic E-state index is 11.4. The number of ether oxygens (including phenoxy) is 2. The molecule has 1 aliphatic rings. The Hall–Kier alpha value is -1.71. The van der Waals surface area contributed by atoms with Crippen LogP contribution in [0.5, 0.6) is 11.5 Å². The van der Waals surface area contributed by atoms with Crippen LogP contribution in [0.3, 0.4) is 0 Å². The van der Waals surface area contributed by atoms with E-state index in [4.69, 9.17) is 9.47 Å². The minimum atomic E-state index is 0.225. The van der Waals surface area contributed by atoms with Crippen molar-refractivity contribution in [3.05, 3.63) is 18.2 Å². The number of nitrogens with zero attached hydrogens (tertiary/aromatic N) is 1. The topological polar surface area (TPSA) is 38.8 Å². The molecule has 1 aromatic rings. The van der Waals surface area contributed by atoms with Crippen LogP contribution in [-0.4, -0.2) is 32.6 Å². The van der Waals surface area contributed by atoms with Crippen LogP contribution in [0, 0.1) is 0 Å². The van der Waals surface area contributed by atoms with E-state index in [9.17, 15) is 4.79 Å². The molecular formula is C14H19NO3. The molecule has 0 aliphatic carbocycles. The van der Waals surface area contributed by atoms with E-state index in [0.717, 1.165) is 23.7 Å². The fraction of sp³-hybridized carbons (Fsp3) is 0.500. The zero-order valence-electron chi connectivity index (χ0n) is 11.1. The highest BCUT2D eigenvalue weighted by molar-refractivity contribution is 5.81. The Morgan fingerprint density at radius 2 is 1.78 bits per heavy atom. The van der Waals surface area contributed by atoms with Crippen LogP contribution in [0.15, 0.2) is 18.2 Å². The molecule has 4 heteroatoms. The van der Waals surface area contributed by atoms with E-state index >= 15 is 0 Å². The number of benzene rings is 1. The largest absolute Gasteiger partial charge is 0.497 e. The predicted molar refractivity (Wildman–Crippen MR) is 70.6 cm³/mol. The third kappa shape index (κ3) is 2.58. The molecule has 0 radical (unpaired) electrons. The van der Waals surface area contributed by atoms with Crippen LogP contribution in [0.2, 0.25) is 0 Å². The summed E-state index contributed by atoms with van der Waals surface area (Å²) in [6.07, 6.45) is 1.23. The summed E-state index contributed by atoms with van der Waals surface area (Å²) in [5.41, 5.74) is 1.05. The van der Waals surface area contributed by atoms with Crippen LogP contribution < -0.4 is 14.4 Å². The Balaban J connectivity index is 2.29. The van der Waals surface area contributed by atoms with Crippen molar-refractivity contribution in [2.75, 3.05) is 25.7 Å². The second-order valence-electron chi connectivity index (χ2n) is 4.61. The summed E-state index contributed by atoms with van der Waals surface area (Å²) in [6, 6.07) is 6.04. The van der Waals surface area contributed by atoms with Crippen LogP contribution in [0.4, 0.5) is 5.69 Å². The molecule has 0 bridgehead atoms. The molecule has 18 heavy (non-hydrogen) atoms. The van der Waals surface area contributed by atoms with Gasteiger partial charge in [0.25, 0.3) is 0 Å². The lowest BCUT2D eigenvalue weighted by molar-refractivity contribution is -0.120. The van der Waals surface area contributed by atoms with Gasteiger partial charge in [-0.25, -0.2) is 0 Å². The third-order valence-electron chi connectivity index (χ3n) is 3.35. The van der Waals surface area contributed by atoms with Crippen LogP contribution >= 0.6 is 0 Å². The molecule has 1 unspecified atom stereocenters. The van der Waals surface area contributed by atoms with Gasteiger partial charge in [0.1, 0.15) is 17.3 Å². The highest BCUT2D eigenvalue weighted by atomic mass is 16.5. The summed E-state index contributed by atoms with van der Waals surface area (Å²) < 4.78 is 10.5. The molecule has 0 N–H and O–H groups in total. The summed E-state index contributed by atoms with van der Waals surface area (Å²) in [7, 11) is 3.28.